The Bertz CT molecular complexity index is 730. The highest BCUT2D eigenvalue weighted by Crippen LogP contribution is 2.23. The third-order valence-corrected chi connectivity index (χ3v) is 3.88. The molecule has 0 saturated heterocycles. The van der Waals surface area contributed by atoms with Gasteiger partial charge in [-0.25, -0.2) is 4.79 Å². The molecule has 0 aliphatic rings. The molecule has 0 bridgehead atoms. The number of carbonyl (C=O) groups is 2. The number of methoxy groups -OCH3 is 1. The van der Waals surface area contributed by atoms with Crippen LogP contribution < -0.4 is 14.8 Å². The van der Waals surface area contributed by atoms with Crippen LogP contribution in [-0.4, -0.2) is 19.0 Å². The molecule has 2 aromatic rings. The van der Waals surface area contributed by atoms with Crippen LogP contribution in [-0.2, 0) is 4.79 Å². The highest BCUT2D eigenvalue weighted by Gasteiger charge is 2.12. The van der Waals surface area contributed by atoms with E-state index in [0.717, 1.165) is 3.57 Å². The zero-order chi connectivity index (χ0) is 16.8. The van der Waals surface area contributed by atoms with Crippen LogP contribution in [0.15, 0.2) is 42.5 Å². The van der Waals surface area contributed by atoms with Gasteiger partial charge < -0.3 is 14.8 Å². The summed E-state index contributed by atoms with van der Waals surface area (Å²) >= 11 is 2.09. The molecule has 0 atom stereocenters. The van der Waals surface area contributed by atoms with Gasteiger partial charge in [-0.2, -0.15) is 0 Å². The van der Waals surface area contributed by atoms with Gasteiger partial charge in [-0.05, 0) is 52.9 Å². The summed E-state index contributed by atoms with van der Waals surface area (Å²) < 4.78 is 11.3. The van der Waals surface area contributed by atoms with Crippen molar-refractivity contribution in [3.8, 4) is 11.5 Å². The van der Waals surface area contributed by atoms with Gasteiger partial charge in [0, 0.05) is 18.2 Å². The number of ether oxygens (including phenoxy) is 2. The number of carbonyl (C=O) groups excluding carboxylic acids is 2. The minimum absolute atomic E-state index is 0.0989. The molecule has 1 amide bonds. The van der Waals surface area contributed by atoms with Crippen molar-refractivity contribution in [1.82, 2.24) is 0 Å². The fraction of sp³-hybridized carbons (Fsp3) is 0.176. The summed E-state index contributed by atoms with van der Waals surface area (Å²) in [5.74, 6) is 0.504. The van der Waals surface area contributed by atoms with Crippen molar-refractivity contribution < 1.29 is 19.1 Å². The largest absolute Gasteiger partial charge is 0.496 e. The van der Waals surface area contributed by atoms with E-state index in [-0.39, 0.29) is 5.91 Å². The normalized spacial score (nSPS) is 10.0. The number of esters is 1. The van der Waals surface area contributed by atoms with Crippen LogP contribution >= 0.6 is 22.6 Å². The van der Waals surface area contributed by atoms with E-state index in [1.165, 1.54) is 0 Å². The predicted molar refractivity (Wildman–Crippen MR) is 96.0 cm³/mol. The molecule has 0 saturated carbocycles. The van der Waals surface area contributed by atoms with E-state index in [1.807, 2.05) is 0 Å². The summed E-state index contributed by atoms with van der Waals surface area (Å²) in [6.45, 7) is 1.77. The molecule has 2 rings (SSSR count). The lowest BCUT2D eigenvalue weighted by molar-refractivity contribution is -0.115. The highest BCUT2D eigenvalue weighted by atomic mass is 127. The second-order valence-electron chi connectivity index (χ2n) is 4.67. The first-order chi connectivity index (χ1) is 11.0. The van der Waals surface area contributed by atoms with E-state index in [9.17, 15) is 9.59 Å². The summed E-state index contributed by atoms with van der Waals surface area (Å²) in [7, 11) is 1.57. The fourth-order valence-corrected chi connectivity index (χ4v) is 2.58. The van der Waals surface area contributed by atoms with Gasteiger partial charge in [0.1, 0.15) is 11.5 Å². The van der Waals surface area contributed by atoms with Crippen LogP contribution in [0.3, 0.4) is 0 Å². The summed E-state index contributed by atoms with van der Waals surface area (Å²) in [5, 5.41) is 2.72. The van der Waals surface area contributed by atoms with Gasteiger partial charge in [0.2, 0.25) is 5.91 Å². The number of halogens is 1. The van der Waals surface area contributed by atoms with Gasteiger partial charge in [-0.1, -0.05) is 13.0 Å². The summed E-state index contributed by atoms with van der Waals surface area (Å²) in [4.78, 5) is 23.6. The van der Waals surface area contributed by atoms with Crippen LogP contribution in [0.25, 0.3) is 0 Å². The zero-order valence-electron chi connectivity index (χ0n) is 12.8. The molecule has 6 heteroatoms. The predicted octanol–water partition coefficient (Wildman–Crippen LogP) is 3.87. The van der Waals surface area contributed by atoms with Crippen LogP contribution in [0.5, 0.6) is 11.5 Å². The number of hydrogen-bond acceptors (Lipinski definition) is 4. The molecular formula is C17H16INO4. The first-order valence-corrected chi connectivity index (χ1v) is 8.07. The standard InChI is InChI=1S/C17H16INO4/c1-3-16(20)19-12-5-4-6-13(10-12)23-17(21)11-7-8-15(22-2)14(18)9-11/h4-10H,3H2,1-2H3,(H,19,20). The number of hydrogen-bond donors (Lipinski definition) is 1. The Morgan fingerprint density at radius 2 is 1.96 bits per heavy atom. The van der Waals surface area contributed by atoms with Gasteiger partial charge in [-0.3, -0.25) is 4.79 Å². The molecule has 2 aromatic carbocycles. The first kappa shape index (κ1) is 17.3. The minimum atomic E-state index is -0.468. The number of anilines is 1. The molecule has 5 nitrogen and oxygen atoms in total. The van der Waals surface area contributed by atoms with Crippen LogP contribution in [0.4, 0.5) is 5.69 Å². The third-order valence-electron chi connectivity index (χ3n) is 3.04. The van der Waals surface area contributed by atoms with E-state index in [1.54, 1.807) is 56.5 Å². The molecule has 120 valence electrons. The number of benzene rings is 2. The van der Waals surface area contributed by atoms with E-state index < -0.39 is 5.97 Å². The summed E-state index contributed by atoms with van der Waals surface area (Å²) in [5.41, 5.74) is 1.02. The number of rotatable bonds is 5. The van der Waals surface area contributed by atoms with Gasteiger partial charge in [0.25, 0.3) is 0 Å². The third kappa shape index (κ3) is 4.69. The van der Waals surface area contributed by atoms with Crippen molar-refractivity contribution in [3.63, 3.8) is 0 Å². The molecule has 1 N–H and O–H groups in total. The monoisotopic (exact) mass is 425 g/mol. The Morgan fingerprint density at radius 1 is 1.17 bits per heavy atom. The Hall–Kier alpha value is -2.09. The van der Waals surface area contributed by atoms with Crippen molar-refractivity contribution in [2.75, 3.05) is 12.4 Å². The van der Waals surface area contributed by atoms with Crippen LogP contribution in [0.2, 0.25) is 0 Å². The fourth-order valence-electron chi connectivity index (χ4n) is 1.85. The number of nitrogens with one attached hydrogen (secondary N) is 1. The molecule has 0 aliphatic carbocycles. The maximum absolute atomic E-state index is 12.2. The maximum atomic E-state index is 12.2. The second-order valence-corrected chi connectivity index (χ2v) is 5.83. The summed E-state index contributed by atoms with van der Waals surface area (Å²) in [6.07, 6.45) is 0.383. The minimum Gasteiger partial charge on any atom is -0.496 e. The molecule has 0 heterocycles. The lowest BCUT2D eigenvalue weighted by atomic mass is 10.2. The van der Waals surface area contributed by atoms with Gasteiger partial charge in [0.05, 0.1) is 16.2 Å². The quantitative estimate of drug-likeness (QED) is 0.449. The topological polar surface area (TPSA) is 64.6 Å². The zero-order valence-corrected chi connectivity index (χ0v) is 14.9. The van der Waals surface area contributed by atoms with Crippen LogP contribution in [0, 0.1) is 3.57 Å². The smallest absolute Gasteiger partial charge is 0.343 e. The lowest BCUT2D eigenvalue weighted by Crippen LogP contribution is -2.11. The number of amides is 1. The van der Waals surface area contributed by atoms with E-state index in [4.69, 9.17) is 9.47 Å². The molecule has 0 unspecified atom stereocenters. The molecule has 0 radical (unpaired) electrons. The van der Waals surface area contributed by atoms with Crippen molar-refractivity contribution in [2.24, 2.45) is 0 Å². The van der Waals surface area contributed by atoms with E-state index in [2.05, 4.69) is 27.9 Å². The Balaban J connectivity index is 2.12. The van der Waals surface area contributed by atoms with Gasteiger partial charge >= 0.3 is 5.97 Å². The molecule has 0 spiro atoms. The molecule has 0 aromatic heterocycles. The molecule has 0 aliphatic heterocycles. The van der Waals surface area contributed by atoms with E-state index in [0.29, 0.717) is 29.2 Å². The highest BCUT2D eigenvalue weighted by molar-refractivity contribution is 14.1. The second kappa shape index (κ2) is 7.96. The molecule has 0 fully saturated rings. The maximum Gasteiger partial charge on any atom is 0.343 e. The average molecular weight is 425 g/mol. The van der Waals surface area contributed by atoms with E-state index >= 15 is 0 Å². The van der Waals surface area contributed by atoms with Crippen molar-refractivity contribution >= 4 is 40.2 Å². The van der Waals surface area contributed by atoms with Crippen molar-refractivity contribution in [2.45, 2.75) is 13.3 Å². The lowest BCUT2D eigenvalue weighted by Gasteiger charge is -2.09. The van der Waals surface area contributed by atoms with Crippen LogP contribution in [0.1, 0.15) is 23.7 Å². The summed E-state index contributed by atoms with van der Waals surface area (Å²) in [6, 6.07) is 11.8. The Morgan fingerprint density at radius 3 is 2.61 bits per heavy atom. The molecule has 23 heavy (non-hydrogen) atoms. The Kier molecular flexibility index (Phi) is 5.97. The van der Waals surface area contributed by atoms with Crippen molar-refractivity contribution in [1.29, 1.82) is 0 Å². The molecular weight excluding hydrogens is 409 g/mol. The van der Waals surface area contributed by atoms with Crippen molar-refractivity contribution in [3.05, 3.63) is 51.6 Å². The van der Waals surface area contributed by atoms with Gasteiger partial charge in [-0.15, -0.1) is 0 Å². The first-order valence-electron chi connectivity index (χ1n) is 6.99. The average Bonchev–Trinajstić information content (AvgIpc) is 2.54. The Labute approximate surface area is 148 Å². The SMILES string of the molecule is CCC(=O)Nc1cccc(OC(=O)c2ccc(OC)c(I)c2)c1. The van der Waals surface area contributed by atoms with Gasteiger partial charge in [0.15, 0.2) is 0 Å².